The van der Waals surface area contributed by atoms with Gasteiger partial charge in [-0.1, -0.05) is 35.3 Å². The Morgan fingerprint density at radius 1 is 1.28 bits per heavy atom. The highest BCUT2D eigenvalue weighted by Crippen LogP contribution is 2.29. The summed E-state index contributed by atoms with van der Waals surface area (Å²) in [6.45, 7) is 2.26. The van der Waals surface area contributed by atoms with Crippen molar-refractivity contribution in [3.05, 3.63) is 57.5 Å². The van der Waals surface area contributed by atoms with E-state index in [0.29, 0.717) is 15.7 Å². The van der Waals surface area contributed by atoms with Gasteiger partial charge in [0.1, 0.15) is 5.01 Å². The number of likely N-dealkylation sites (N-methyl/N-ethyl adjacent to an activating group) is 1. The fourth-order valence-electron chi connectivity index (χ4n) is 2.40. The zero-order valence-corrected chi connectivity index (χ0v) is 16.1. The molecule has 4 nitrogen and oxygen atoms in total. The number of carbonyl (C=O) groups is 1. The van der Waals surface area contributed by atoms with Crippen LogP contribution in [0.25, 0.3) is 10.2 Å². The van der Waals surface area contributed by atoms with Crippen molar-refractivity contribution in [3.8, 4) is 0 Å². The lowest BCUT2D eigenvalue weighted by Crippen LogP contribution is -2.32. The number of thiazole rings is 1. The van der Waals surface area contributed by atoms with Gasteiger partial charge in [0.2, 0.25) is 5.91 Å². The summed E-state index contributed by atoms with van der Waals surface area (Å²) in [7, 11) is 1.90. The maximum absolute atomic E-state index is 12.3. The van der Waals surface area contributed by atoms with E-state index in [1.807, 2.05) is 37.1 Å². The van der Waals surface area contributed by atoms with Crippen molar-refractivity contribution >= 4 is 56.3 Å². The zero-order valence-electron chi connectivity index (χ0n) is 13.8. The van der Waals surface area contributed by atoms with Crippen molar-refractivity contribution in [2.45, 2.75) is 13.0 Å². The van der Waals surface area contributed by atoms with Gasteiger partial charge in [0.15, 0.2) is 0 Å². The van der Waals surface area contributed by atoms with Gasteiger partial charge in [-0.25, -0.2) is 4.98 Å². The van der Waals surface area contributed by atoms with Crippen molar-refractivity contribution < 1.29 is 4.79 Å². The quantitative estimate of drug-likeness (QED) is 0.644. The molecule has 0 aliphatic carbocycles. The minimum Gasteiger partial charge on any atom is -0.324 e. The minimum absolute atomic E-state index is 0.0259. The Morgan fingerprint density at radius 3 is 2.80 bits per heavy atom. The molecule has 130 valence electrons. The molecule has 0 spiro atoms. The van der Waals surface area contributed by atoms with Crippen molar-refractivity contribution in [1.82, 2.24) is 9.88 Å². The number of hydrogen-bond acceptors (Lipinski definition) is 4. The predicted molar refractivity (Wildman–Crippen MR) is 106 cm³/mol. The number of benzene rings is 2. The smallest absolute Gasteiger partial charge is 0.238 e. The van der Waals surface area contributed by atoms with Gasteiger partial charge in [-0.15, -0.1) is 11.3 Å². The molecule has 0 saturated heterocycles. The van der Waals surface area contributed by atoms with Gasteiger partial charge in [0.25, 0.3) is 0 Å². The molecule has 1 heterocycles. The summed E-state index contributed by atoms with van der Waals surface area (Å²) in [6, 6.07) is 13.0. The highest BCUT2D eigenvalue weighted by molar-refractivity contribution is 7.18. The Labute approximate surface area is 160 Å². The molecule has 25 heavy (non-hydrogen) atoms. The van der Waals surface area contributed by atoms with Gasteiger partial charge in [0, 0.05) is 5.02 Å². The summed E-state index contributed by atoms with van der Waals surface area (Å²) in [5, 5.41) is 4.77. The molecule has 7 heteroatoms. The van der Waals surface area contributed by atoms with Gasteiger partial charge >= 0.3 is 0 Å². The standard InChI is InChI=1S/C18H17Cl2N3OS/c1-11(18-22-14-5-3-4-6-16(14)25-18)23(2)10-17(24)21-15-9-12(19)7-8-13(15)20/h3-9,11H,10H2,1-2H3,(H,21,24)/t11-/m0/s1. The molecule has 1 aromatic heterocycles. The monoisotopic (exact) mass is 393 g/mol. The lowest BCUT2D eigenvalue weighted by atomic mass is 10.3. The van der Waals surface area contributed by atoms with Gasteiger partial charge in [-0.05, 0) is 44.3 Å². The number of aromatic nitrogens is 1. The molecule has 0 aliphatic rings. The van der Waals surface area contributed by atoms with Crippen LogP contribution in [0.15, 0.2) is 42.5 Å². The van der Waals surface area contributed by atoms with E-state index in [4.69, 9.17) is 23.2 Å². The summed E-state index contributed by atoms with van der Waals surface area (Å²) >= 11 is 13.7. The summed E-state index contributed by atoms with van der Waals surface area (Å²) in [6.07, 6.45) is 0. The second kappa shape index (κ2) is 7.70. The van der Waals surface area contributed by atoms with E-state index in [1.54, 1.807) is 29.5 Å². The van der Waals surface area contributed by atoms with Gasteiger partial charge in [-0.3, -0.25) is 9.69 Å². The first-order valence-electron chi connectivity index (χ1n) is 7.74. The van der Waals surface area contributed by atoms with E-state index in [1.165, 1.54) is 0 Å². The number of carbonyl (C=O) groups excluding carboxylic acids is 1. The van der Waals surface area contributed by atoms with Gasteiger partial charge < -0.3 is 5.32 Å². The Balaban J connectivity index is 1.67. The van der Waals surface area contributed by atoms with Crippen LogP contribution >= 0.6 is 34.5 Å². The van der Waals surface area contributed by atoms with Crippen LogP contribution in [0.4, 0.5) is 5.69 Å². The Hall–Kier alpha value is -1.66. The summed E-state index contributed by atoms with van der Waals surface area (Å²) < 4.78 is 1.15. The first kappa shape index (κ1) is 18.1. The molecule has 0 fully saturated rings. The van der Waals surface area contributed by atoms with E-state index in [9.17, 15) is 4.79 Å². The second-order valence-corrected chi connectivity index (χ2v) is 7.69. The van der Waals surface area contributed by atoms with E-state index in [2.05, 4.69) is 16.4 Å². The Kier molecular flexibility index (Phi) is 5.59. The molecule has 0 aliphatic heterocycles. The molecule has 0 bridgehead atoms. The molecule has 2 aromatic carbocycles. The number of hydrogen-bond donors (Lipinski definition) is 1. The molecule has 0 radical (unpaired) electrons. The van der Waals surface area contributed by atoms with Gasteiger partial charge in [-0.2, -0.15) is 0 Å². The fourth-order valence-corrected chi connectivity index (χ4v) is 3.83. The Bertz CT molecular complexity index is 879. The largest absolute Gasteiger partial charge is 0.324 e. The van der Waals surface area contributed by atoms with Crippen LogP contribution in [0.3, 0.4) is 0 Å². The average Bonchev–Trinajstić information content (AvgIpc) is 3.01. The molecule has 0 unspecified atom stereocenters. The topological polar surface area (TPSA) is 45.2 Å². The van der Waals surface area contributed by atoms with E-state index in [-0.39, 0.29) is 18.5 Å². The van der Waals surface area contributed by atoms with Crippen LogP contribution in [0.2, 0.25) is 10.0 Å². The predicted octanol–water partition coefficient (Wildman–Crippen LogP) is 5.23. The molecule has 1 atom stereocenters. The number of fused-ring (bicyclic) bond motifs is 1. The van der Waals surface area contributed by atoms with Crippen LogP contribution in [-0.2, 0) is 4.79 Å². The Morgan fingerprint density at radius 2 is 2.04 bits per heavy atom. The molecule has 1 N–H and O–H groups in total. The van der Waals surface area contributed by atoms with Gasteiger partial charge in [0.05, 0.1) is 33.5 Å². The molecule has 3 rings (SSSR count). The maximum atomic E-state index is 12.3. The maximum Gasteiger partial charge on any atom is 0.238 e. The number of para-hydroxylation sites is 1. The lowest BCUT2D eigenvalue weighted by Gasteiger charge is -2.22. The van der Waals surface area contributed by atoms with Crippen LogP contribution in [0.1, 0.15) is 18.0 Å². The van der Waals surface area contributed by atoms with Crippen LogP contribution < -0.4 is 5.32 Å². The van der Waals surface area contributed by atoms with Crippen LogP contribution in [0.5, 0.6) is 0 Å². The van der Waals surface area contributed by atoms with Crippen molar-refractivity contribution in [1.29, 1.82) is 0 Å². The third-order valence-corrected chi connectivity index (χ3v) is 5.70. The highest BCUT2D eigenvalue weighted by Gasteiger charge is 2.19. The van der Waals surface area contributed by atoms with Crippen molar-refractivity contribution in [3.63, 3.8) is 0 Å². The first-order chi connectivity index (χ1) is 11.9. The van der Waals surface area contributed by atoms with Crippen molar-refractivity contribution in [2.75, 3.05) is 18.9 Å². The number of rotatable bonds is 5. The number of amides is 1. The summed E-state index contributed by atoms with van der Waals surface area (Å²) in [5.41, 5.74) is 1.50. The molecule has 0 saturated carbocycles. The summed E-state index contributed by atoms with van der Waals surface area (Å²) in [4.78, 5) is 18.9. The SMILES string of the molecule is C[C@@H](c1nc2ccccc2s1)N(C)CC(=O)Nc1cc(Cl)ccc1Cl. The number of nitrogens with zero attached hydrogens (tertiary/aromatic N) is 2. The van der Waals surface area contributed by atoms with E-state index < -0.39 is 0 Å². The molecular weight excluding hydrogens is 377 g/mol. The first-order valence-corrected chi connectivity index (χ1v) is 9.32. The second-order valence-electron chi connectivity index (χ2n) is 5.78. The number of anilines is 1. The zero-order chi connectivity index (χ0) is 18.0. The number of nitrogens with one attached hydrogen (secondary N) is 1. The fraction of sp³-hybridized carbons (Fsp3) is 0.222. The normalized spacial score (nSPS) is 12.5. The van der Waals surface area contributed by atoms with E-state index >= 15 is 0 Å². The lowest BCUT2D eigenvalue weighted by molar-refractivity contribution is -0.117. The summed E-state index contributed by atoms with van der Waals surface area (Å²) in [5.74, 6) is -0.153. The third-order valence-electron chi connectivity index (χ3n) is 3.92. The number of halogens is 2. The van der Waals surface area contributed by atoms with Crippen LogP contribution in [0, 0.1) is 0 Å². The third kappa shape index (κ3) is 4.30. The molecular formula is C18H17Cl2N3OS. The average molecular weight is 394 g/mol. The molecule has 1 amide bonds. The highest BCUT2D eigenvalue weighted by atomic mass is 35.5. The van der Waals surface area contributed by atoms with Crippen LogP contribution in [-0.4, -0.2) is 29.4 Å². The minimum atomic E-state index is -0.153. The van der Waals surface area contributed by atoms with Crippen molar-refractivity contribution in [2.24, 2.45) is 0 Å². The molecule has 3 aromatic rings. The van der Waals surface area contributed by atoms with E-state index in [0.717, 1.165) is 15.2 Å².